The molecule has 0 saturated heterocycles. The fourth-order valence-corrected chi connectivity index (χ4v) is 3.63. The summed E-state index contributed by atoms with van der Waals surface area (Å²) in [6.07, 6.45) is 0.691. The summed E-state index contributed by atoms with van der Waals surface area (Å²) in [6.45, 7) is 9.84. The molecule has 3 rings (SSSR count). The van der Waals surface area contributed by atoms with Gasteiger partial charge in [0, 0.05) is 18.7 Å². The molecule has 1 N–H and O–H groups in total. The maximum atomic E-state index is 12.5. The van der Waals surface area contributed by atoms with E-state index in [1.807, 2.05) is 37.3 Å². The lowest BCUT2D eigenvalue weighted by atomic mass is 9.87. The van der Waals surface area contributed by atoms with Gasteiger partial charge in [0.15, 0.2) is 0 Å². The maximum Gasteiger partial charge on any atom is 0.251 e. The third kappa shape index (κ3) is 6.27. The molecule has 32 heavy (non-hydrogen) atoms. The first-order valence-corrected chi connectivity index (χ1v) is 11.4. The Morgan fingerprint density at radius 1 is 1.12 bits per heavy atom. The average molecular weight is 474 g/mol. The molecule has 1 heterocycles. The van der Waals surface area contributed by atoms with Crippen LogP contribution in [0.1, 0.15) is 54.4 Å². The lowest BCUT2D eigenvalue weighted by molar-refractivity contribution is 0.0952. The molecular weight excluding hydrogens is 445 g/mol. The second-order valence-electron chi connectivity index (χ2n) is 8.79. The number of aryl methyl sites for hydroxylation is 2. The first-order chi connectivity index (χ1) is 15.1. The first kappa shape index (κ1) is 24.1. The van der Waals surface area contributed by atoms with Crippen molar-refractivity contribution in [3.63, 3.8) is 0 Å². The van der Waals surface area contributed by atoms with Crippen molar-refractivity contribution in [3.05, 3.63) is 81.1 Å². The number of ether oxygens (including phenoxy) is 1. The molecule has 0 bridgehead atoms. The summed E-state index contributed by atoms with van der Waals surface area (Å²) < 4.78 is 7.55. The minimum atomic E-state index is -0.123. The zero-order valence-electron chi connectivity index (χ0n) is 18.9. The van der Waals surface area contributed by atoms with Crippen LogP contribution in [0.3, 0.4) is 0 Å². The molecule has 0 radical (unpaired) electrons. The summed E-state index contributed by atoms with van der Waals surface area (Å²) in [5.41, 5.74) is 3.61. The molecule has 5 nitrogen and oxygen atoms in total. The Labute approximate surface area is 199 Å². The topological polar surface area (TPSA) is 56.2 Å². The lowest BCUT2D eigenvalue weighted by Gasteiger charge is -2.19. The largest absolute Gasteiger partial charge is 0.489 e. The normalized spacial score (nSPS) is 11.4. The van der Waals surface area contributed by atoms with E-state index in [4.69, 9.17) is 27.9 Å². The quantitative estimate of drug-likeness (QED) is 0.396. The third-order valence-electron chi connectivity index (χ3n) is 5.14. The number of hydrogen-bond donors (Lipinski definition) is 1. The van der Waals surface area contributed by atoms with Gasteiger partial charge in [-0.1, -0.05) is 68.2 Å². The molecule has 0 aliphatic heterocycles. The fourth-order valence-electron chi connectivity index (χ4n) is 3.23. The lowest BCUT2D eigenvalue weighted by Crippen LogP contribution is -2.25. The van der Waals surface area contributed by atoms with E-state index in [0.29, 0.717) is 47.6 Å². The van der Waals surface area contributed by atoms with E-state index in [-0.39, 0.29) is 11.3 Å². The molecule has 170 valence electrons. The smallest absolute Gasteiger partial charge is 0.251 e. The molecule has 1 aromatic heterocycles. The van der Waals surface area contributed by atoms with E-state index >= 15 is 0 Å². The molecule has 0 atom stereocenters. The van der Waals surface area contributed by atoms with Gasteiger partial charge in [-0.3, -0.25) is 9.48 Å². The molecule has 0 saturated carbocycles. The van der Waals surface area contributed by atoms with Crippen molar-refractivity contribution in [2.24, 2.45) is 0 Å². The molecule has 0 unspecified atom stereocenters. The Bertz CT molecular complexity index is 1070. The van der Waals surface area contributed by atoms with E-state index in [2.05, 4.69) is 43.3 Å². The highest BCUT2D eigenvalue weighted by Crippen LogP contribution is 2.25. The highest BCUT2D eigenvalue weighted by atomic mass is 35.5. The van der Waals surface area contributed by atoms with Crippen LogP contribution in [0.2, 0.25) is 10.2 Å². The van der Waals surface area contributed by atoms with E-state index in [9.17, 15) is 4.79 Å². The van der Waals surface area contributed by atoms with Crippen molar-refractivity contribution >= 4 is 29.1 Å². The molecule has 0 fully saturated rings. The molecule has 1 amide bonds. The standard InChI is InChI=1S/C25H29Cl2N3O2/c1-17-22(26)23(27)30(29-17)14-6-13-28-24(31)19-8-5-7-18(15-19)16-32-21-11-9-20(10-12-21)25(2,3)4/h5,7-12,15H,6,13-14,16H2,1-4H3,(H,28,31). The Balaban J connectivity index is 1.49. The molecule has 0 aliphatic carbocycles. The number of benzene rings is 2. The zero-order chi connectivity index (χ0) is 23.3. The van der Waals surface area contributed by atoms with Crippen molar-refractivity contribution in [3.8, 4) is 5.75 Å². The molecule has 0 aliphatic rings. The van der Waals surface area contributed by atoms with Gasteiger partial charge >= 0.3 is 0 Å². The van der Waals surface area contributed by atoms with Gasteiger partial charge in [-0.15, -0.1) is 0 Å². The van der Waals surface area contributed by atoms with Crippen LogP contribution in [-0.2, 0) is 18.6 Å². The van der Waals surface area contributed by atoms with Crippen molar-refractivity contribution in [2.45, 2.75) is 52.7 Å². The van der Waals surface area contributed by atoms with Gasteiger partial charge in [0.1, 0.15) is 22.5 Å². The van der Waals surface area contributed by atoms with Gasteiger partial charge in [-0.2, -0.15) is 5.10 Å². The van der Waals surface area contributed by atoms with Crippen molar-refractivity contribution < 1.29 is 9.53 Å². The highest BCUT2D eigenvalue weighted by Gasteiger charge is 2.13. The van der Waals surface area contributed by atoms with E-state index in [1.54, 1.807) is 10.7 Å². The van der Waals surface area contributed by atoms with Gasteiger partial charge in [-0.05, 0) is 54.2 Å². The first-order valence-electron chi connectivity index (χ1n) is 10.6. The number of nitrogens with one attached hydrogen (secondary N) is 1. The average Bonchev–Trinajstić information content (AvgIpc) is 3.01. The van der Waals surface area contributed by atoms with Crippen LogP contribution in [0, 0.1) is 6.92 Å². The number of amides is 1. The van der Waals surface area contributed by atoms with Crippen LogP contribution in [0.25, 0.3) is 0 Å². The van der Waals surface area contributed by atoms with Crippen molar-refractivity contribution in [1.29, 1.82) is 0 Å². The van der Waals surface area contributed by atoms with Gasteiger partial charge < -0.3 is 10.1 Å². The highest BCUT2D eigenvalue weighted by molar-refractivity contribution is 6.41. The van der Waals surface area contributed by atoms with Crippen molar-refractivity contribution in [1.82, 2.24) is 15.1 Å². The Morgan fingerprint density at radius 3 is 2.47 bits per heavy atom. The number of halogens is 2. The monoisotopic (exact) mass is 473 g/mol. The molecule has 0 spiro atoms. The second kappa shape index (κ2) is 10.4. The summed E-state index contributed by atoms with van der Waals surface area (Å²) in [5, 5.41) is 8.12. The van der Waals surface area contributed by atoms with Gasteiger partial charge in [0.25, 0.3) is 5.91 Å². The fraction of sp³-hybridized carbons (Fsp3) is 0.360. The number of aromatic nitrogens is 2. The van der Waals surface area contributed by atoms with Crippen LogP contribution < -0.4 is 10.1 Å². The molecule has 3 aromatic rings. The second-order valence-corrected chi connectivity index (χ2v) is 9.52. The van der Waals surface area contributed by atoms with E-state index < -0.39 is 0 Å². The molecular formula is C25H29Cl2N3O2. The minimum absolute atomic E-state index is 0.108. The Kier molecular flexibility index (Phi) is 7.86. The van der Waals surface area contributed by atoms with E-state index in [1.165, 1.54) is 5.56 Å². The summed E-state index contributed by atoms with van der Waals surface area (Å²) in [6, 6.07) is 15.6. The van der Waals surface area contributed by atoms with Crippen LogP contribution in [0.15, 0.2) is 48.5 Å². The number of rotatable bonds is 8. The SMILES string of the molecule is Cc1nn(CCCNC(=O)c2cccc(COc3ccc(C(C)(C)C)cc3)c2)c(Cl)c1Cl. The van der Waals surface area contributed by atoms with Gasteiger partial charge in [-0.25, -0.2) is 0 Å². The third-order valence-corrected chi connectivity index (χ3v) is 6.08. The molecule has 7 heteroatoms. The number of hydrogen-bond acceptors (Lipinski definition) is 3. The van der Waals surface area contributed by atoms with Gasteiger partial charge in [0.05, 0.1) is 5.69 Å². The van der Waals surface area contributed by atoms with Crippen LogP contribution >= 0.6 is 23.2 Å². The summed E-state index contributed by atoms with van der Waals surface area (Å²) >= 11 is 12.2. The number of carbonyl (C=O) groups excluding carboxylic acids is 1. The number of carbonyl (C=O) groups is 1. The summed E-state index contributed by atoms with van der Waals surface area (Å²) in [4.78, 5) is 12.5. The Morgan fingerprint density at radius 2 is 1.84 bits per heavy atom. The minimum Gasteiger partial charge on any atom is -0.489 e. The Hall–Kier alpha value is -2.50. The predicted octanol–water partition coefficient (Wildman–Crippen LogP) is 6.19. The number of nitrogens with zero attached hydrogens (tertiary/aromatic N) is 2. The molecule has 2 aromatic carbocycles. The van der Waals surface area contributed by atoms with Crippen LogP contribution in [-0.4, -0.2) is 22.2 Å². The summed E-state index contributed by atoms with van der Waals surface area (Å²) in [7, 11) is 0. The van der Waals surface area contributed by atoms with E-state index in [0.717, 1.165) is 11.3 Å². The summed E-state index contributed by atoms with van der Waals surface area (Å²) in [5.74, 6) is 0.683. The zero-order valence-corrected chi connectivity index (χ0v) is 20.4. The van der Waals surface area contributed by atoms with Crippen LogP contribution in [0.4, 0.5) is 0 Å². The van der Waals surface area contributed by atoms with Gasteiger partial charge in [0.2, 0.25) is 0 Å². The van der Waals surface area contributed by atoms with Crippen molar-refractivity contribution in [2.75, 3.05) is 6.54 Å². The van der Waals surface area contributed by atoms with Crippen LogP contribution in [0.5, 0.6) is 5.75 Å². The predicted molar refractivity (Wildman–Crippen MR) is 130 cm³/mol. The maximum absolute atomic E-state index is 12.5.